The Morgan fingerprint density at radius 3 is 2.17 bits per heavy atom. The van der Waals surface area contributed by atoms with Crippen molar-refractivity contribution in [3.05, 3.63) is 45.7 Å². The standard InChI is InChI=1S/C14H12ClF4N3O/c1-5-10(15)6(2)22(21-5)7(3)14(23)20-13-11(18)8(16)4-9(17)12(13)19/h4,7H,1-3H3,(H,20,23). The van der Waals surface area contributed by atoms with Gasteiger partial charge in [0.15, 0.2) is 23.3 Å². The van der Waals surface area contributed by atoms with Crippen molar-refractivity contribution < 1.29 is 22.4 Å². The predicted octanol–water partition coefficient (Wildman–Crippen LogP) is 3.91. The molecule has 0 aliphatic heterocycles. The van der Waals surface area contributed by atoms with E-state index in [0.29, 0.717) is 16.4 Å². The van der Waals surface area contributed by atoms with Gasteiger partial charge in [-0.3, -0.25) is 9.48 Å². The van der Waals surface area contributed by atoms with E-state index in [1.165, 1.54) is 11.6 Å². The lowest BCUT2D eigenvalue weighted by Gasteiger charge is -2.15. The molecular weight excluding hydrogens is 338 g/mol. The van der Waals surface area contributed by atoms with Gasteiger partial charge in [0.1, 0.15) is 11.7 Å². The van der Waals surface area contributed by atoms with E-state index >= 15 is 0 Å². The third-order valence-electron chi connectivity index (χ3n) is 3.34. The Bertz CT molecular complexity index is 765. The van der Waals surface area contributed by atoms with Gasteiger partial charge in [0.2, 0.25) is 5.91 Å². The lowest BCUT2D eigenvalue weighted by Crippen LogP contribution is -2.26. The minimum atomic E-state index is -1.68. The van der Waals surface area contributed by atoms with Gasteiger partial charge in [0.25, 0.3) is 0 Å². The van der Waals surface area contributed by atoms with Crippen LogP contribution in [0.2, 0.25) is 5.02 Å². The molecule has 0 fully saturated rings. The number of rotatable bonds is 3. The molecule has 0 aliphatic carbocycles. The Hall–Kier alpha value is -2.09. The first-order valence-electron chi connectivity index (χ1n) is 6.50. The molecule has 4 nitrogen and oxygen atoms in total. The summed E-state index contributed by atoms with van der Waals surface area (Å²) in [5.74, 6) is -7.50. The molecule has 2 rings (SSSR count). The van der Waals surface area contributed by atoms with Crippen LogP contribution in [0.3, 0.4) is 0 Å². The van der Waals surface area contributed by atoms with Crippen LogP contribution in [0, 0.1) is 37.1 Å². The maximum atomic E-state index is 13.6. The first-order valence-corrected chi connectivity index (χ1v) is 6.88. The number of aromatic nitrogens is 2. The van der Waals surface area contributed by atoms with Crippen molar-refractivity contribution in [2.24, 2.45) is 0 Å². The maximum Gasteiger partial charge on any atom is 0.249 e. The fourth-order valence-corrected chi connectivity index (χ4v) is 2.17. The van der Waals surface area contributed by atoms with Gasteiger partial charge in [0.05, 0.1) is 16.4 Å². The molecular formula is C14H12ClF4N3O. The molecule has 1 N–H and O–H groups in total. The van der Waals surface area contributed by atoms with Crippen LogP contribution >= 0.6 is 11.6 Å². The maximum absolute atomic E-state index is 13.6. The van der Waals surface area contributed by atoms with E-state index in [-0.39, 0.29) is 6.07 Å². The number of nitrogens with zero attached hydrogens (tertiary/aromatic N) is 2. The lowest BCUT2D eigenvalue weighted by molar-refractivity contribution is -0.119. The topological polar surface area (TPSA) is 46.9 Å². The van der Waals surface area contributed by atoms with Gasteiger partial charge in [-0.2, -0.15) is 5.10 Å². The molecule has 0 aliphatic rings. The predicted molar refractivity (Wildman–Crippen MR) is 76.3 cm³/mol. The molecule has 1 atom stereocenters. The fraction of sp³-hybridized carbons (Fsp3) is 0.286. The van der Waals surface area contributed by atoms with Gasteiger partial charge < -0.3 is 5.32 Å². The van der Waals surface area contributed by atoms with Crippen molar-refractivity contribution >= 4 is 23.2 Å². The number of aryl methyl sites for hydroxylation is 1. The highest BCUT2D eigenvalue weighted by Gasteiger charge is 2.25. The van der Waals surface area contributed by atoms with E-state index in [0.717, 1.165) is 0 Å². The van der Waals surface area contributed by atoms with E-state index in [4.69, 9.17) is 11.6 Å². The second-order valence-corrected chi connectivity index (χ2v) is 5.32. The van der Waals surface area contributed by atoms with E-state index in [9.17, 15) is 22.4 Å². The van der Waals surface area contributed by atoms with Crippen LogP contribution in [0.15, 0.2) is 6.07 Å². The number of hydrogen-bond acceptors (Lipinski definition) is 2. The molecule has 1 aromatic carbocycles. The van der Waals surface area contributed by atoms with Crippen LogP contribution in [0.1, 0.15) is 24.4 Å². The Morgan fingerprint density at radius 2 is 1.74 bits per heavy atom. The molecule has 0 spiro atoms. The van der Waals surface area contributed by atoms with Crippen LogP contribution in [0.25, 0.3) is 0 Å². The number of benzene rings is 1. The highest BCUT2D eigenvalue weighted by atomic mass is 35.5. The minimum Gasteiger partial charge on any atom is -0.319 e. The van der Waals surface area contributed by atoms with Gasteiger partial charge in [-0.25, -0.2) is 17.6 Å². The number of carbonyl (C=O) groups is 1. The van der Waals surface area contributed by atoms with Gasteiger partial charge in [-0.05, 0) is 20.8 Å². The monoisotopic (exact) mass is 349 g/mol. The molecule has 2 aromatic rings. The largest absolute Gasteiger partial charge is 0.319 e. The lowest BCUT2D eigenvalue weighted by atomic mass is 10.2. The smallest absolute Gasteiger partial charge is 0.249 e. The molecule has 0 saturated carbocycles. The van der Waals surface area contributed by atoms with Crippen molar-refractivity contribution in [2.75, 3.05) is 5.32 Å². The molecule has 0 radical (unpaired) electrons. The summed E-state index contributed by atoms with van der Waals surface area (Å²) in [7, 11) is 0. The number of hydrogen-bond donors (Lipinski definition) is 1. The SMILES string of the molecule is Cc1nn(C(C)C(=O)Nc2c(F)c(F)cc(F)c2F)c(C)c1Cl. The van der Waals surface area contributed by atoms with Crippen LogP contribution in [-0.2, 0) is 4.79 Å². The molecule has 1 heterocycles. The third kappa shape index (κ3) is 3.03. The summed E-state index contributed by atoms with van der Waals surface area (Å²) in [5, 5.41) is 6.23. The Kier molecular flexibility index (Phi) is 4.65. The molecule has 0 saturated heterocycles. The highest BCUT2D eigenvalue weighted by molar-refractivity contribution is 6.31. The molecule has 1 amide bonds. The van der Waals surface area contributed by atoms with Gasteiger partial charge >= 0.3 is 0 Å². The molecule has 124 valence electrons. The number of carbonyl (C=O) groups excluding carboxylic acids is 1. The van der Waals surface area contributed by atoms with Gasteiger partial charge in [-0.15, -0.1) is 0 Å². The quantitative estimate of drug-likeness (QED) is 0.674. The summed E-state index contributed by atoms with van der Waals surface area (Å²) in [6, 6.07) is -0.948. The second-order valence-electron chi connectivity index (χ2n) is 4.94. The van der Waals surface area contributed by atoms with Gasteiger partial charge in [0, 0.05) is 6.07 Å². The van der Waals surface area contributed by atoms with E-state index in [1.807, 2.05) is 5.32 Å². The zero-order valence-corrected chi connectivity index (χ0v) is 13.1. The summed E-state index contributed by atoms with van der Waals surface area (Å²) in [6.07, 6.45) is 0. The summed E-state index contributed by atoms with van der Waals surface area (Å²) >= 11 is 5.97. The minimum absolute atomic E-state index is 0.0601. The molecule has 23 heavy (non-hydrogen) atoms. The van der Waals surface area contributed by atoms with Crippen LogP contribution in [-0.4, -0.2) is 15.7 Å². The Balaban J connectivity index is 2.34. The molecule has 1 aromatic heterocycles. The average Bonchev–Trinajstić information content (AvgIpc) is 2.76. The Labute approximate surface area is 134 Å². The zero-order chi connectivity index (χ0) is 17.5. The molecule has 1 unspecified atom stereocenters. The number of halogens is 5. The van der Waals surface area contributed by atoms with Crippen molar-refractivity contribution in [1.82, 2.24) is 9.78 Å². The normalized spacial score (nSPS) is 12.3. The van der Waals surface area contributed by atoms with Crippen molar-refractivity contribution in [3.8, 4) is 0 Å². The summed E-state index contributed by atoms with van der Waals surface area (Å²) in [4.78, 5) is 12.1. The van der Waals surface area contributed by atoms with E-state index in [1.54, 1.807) is 13.8 Å². The summed E-state index contributed by atoms with van der Waals surface area (Å²) in [6.45, 7) is 4.63. The average molecular weight is 350 g/mol. The van der Waals surface area contributed by atoms with E-state index in [2.05, 4.69) is 5.10 Å². The number of amides is 1. The van der Waals surface area contributed by atoms with Crippen molar-refractivity contribution in [1.29, 1.82) is 0 Å². The summed E-state index contributed by atoms with van der Waals surface area (Å²) < 4.78 is 54.7. The number of nitrogens with one attached hydrogen (secondary N) is 1. The number of anilines is 1. The van der Waals surface area contributed by atoms with Crippen LogP contribution < -0.4 is 5.32 Å². The van der Waals surface area contributed by atoms with Crippen molar-refractivity contribution in [3.63, 3.8) is 0 Å². The first-order chi connectivity index (χ1) is 10.6. The molecule has 9 heteroatoms. The van der Waals surface area contributed by atoms with Crippen LogP contribution in [0.4, 0.5) is 23.2 Å². The zero-order valence-electron chi connectivity index (χ0n) is 12.3. The summed E-state index contributed by atoms with van der Waals surface area (Å²) in [5.41, 5.74) is -0.247. The van der Waals surface area contributed by atoms with Gasteiger partial charge in [-0.1, -0.05) is 11.6 Å². The Morgan fingerprint density at radius 1 is 1.22 bits per heavy atom. The fourth-order valence-electron chi connectivity index (χ4n) is 2.04. The molecule has 0 bridgehead atoms. The highest BCUT2D eigenvalue weighted by Crippen LogP contribution is 2.26. The van der Waals surface area contributed by atoms with E-state index < -0.39 is 40.9 Å². The van der Waals surface area contributed by atoms with Crippen molar-refractivity contribution in [2.45, 2.75) is 26.8 Å². The first kappa shape index (κ1) is 17.3. The third-order valence-corrected chi connectivity index (χ3v) is 3.89. The van der Waals surface area contributed by atoms with Crippen LogP contribution in [0.5, 0.6) is 0 Å². The second kappa shape index (κ2) is 6.19.